The molecule has 0 saturated carbocycles. The zero-order valence-corrected chi connectivity index (χ0v) is 10.1. The Morgan fingerprint density at radius 3 is 2.32 bits per heavy atom. The van der Waals surface area contributed by atoms with Crippen LogP contribution in [0.5, 0.6) is 0 Å². The Labute approximate surface area is 109 Å². The molecule has 0 bridgehead atoms. The van der Waals surface area contributed by atoms with Gasteiger partial charge in [-0.05, 0) is 40.1 Å². The number of esters is 2. The van der Waals surface area contributed by atoms with E-state index in [2.05, 4.69) is 17.9 Å². The summed E-state index contributed by atoms with van der Waals surface area (Å²) in [7, 11) is 0. The first-order chi connectivity index (χ1) is 9.15. The van der Waals surface area contributed by atoms with Crippen LogP contribution in [0.15, 0.2) is 37.4 Å². The average Bonchev–Trinajstić information content (AvgIpc) is 2.72. The Balaban J connectivity index is 2.44. The Hall–Kier alpha value is -2.68. The molecule has 3 heteroatoms. The summed E-state index contributed by atoms with van der Waals surface area (Å²) in [6.45, 7) is 7.50. The normalized spacial score (nSPS) is 13.3. The first-order valence-electron chi connectivity index (χ1n) is 5.78. The van der Waals surface area contributed by atoms with Crippen LogP contribution in [-0.4, -0.2) is 11.9 Å². The van der Waals surface area contributed by atoms with Gasteiger partial charge >= 0.3 is 11.9 Å². The zero-order valence-electron chi connectivity index (χ0n) is 10.1. The lowest BCUT2D eigenvalue weighted by Gasteiger charge is -2.06. The van der Waals surface area contributed by atoms with Crippen LogP contribution < -0.4 is 0 Å². The molecule has 0 unspecified atom stereocenters. The predicted octanol–water partition coefficient (Wildman–Crippen LogP) is 3.44. The topological polar surface area (TPSA) is 43.4 Å². The number of ether oxygens (including phenoxy) is 1. The van der Waals surface area contributed by atoms with Crippen LogP contribution in [0, 0.1) is 0 Å². The van der Waals surface area contributed by atoms with Gasteiger partial charge in [0.25, 0.3) is 0 Å². The molecular formula is C16H10O3. The number of cyclic esters (lactones) is 2. The Bertz CT molecular complexity index is 769. The van der Waals surface area contributed by atoms with E-state index in [0.29, 0.717) is 16.5 Å². The van der Waals surface area contributed by atoms with E-state index < -0.39 is 11.9 Å². The fourth-order valence-electron chi connectivity index (χ4n) is 2.34. The number of fused-ring (bicyclic) bond motifs is 3. The molecule has 0 spiro atoms. The van der Waals surface area contributed by atoms with Gasteiger partial charge in [0.05, 0.1) is 11.1 Å². The third-order valence-electron chi connectivity index (χ3n) is 3.27. The van der Waals surface area contributed by atoms with E-state index in [1.807, 2.05) is 12.1 Å². The van der Waals surface area contributed by atoms with Gasteiger partial charge in [-0.15, -0.1) is 0 Å². The molecule has 3 rings (SSSR count). The molecule has 0 saturated heterocycles. The Morgan fingerprint density at radius 2 is 1.63 bits per heavy atom. The second-order valence-electron chi connectivity index (χ2n) is 4.28. The van der Waals surface area contributed by atoms with Crippen molar-refractivity contribution in [3.63, 3.8) is 0 Å². The minimum Gasteiger partial charge on any atom is -0.386 e. The lowest BCUT2D eigenvalue weighted by Crippen LogP contribution is -1.97. The van der Waals surface area contributed by atoms with E-state index in [-0.39, 0.29) is 0 Å². The number of hydrogen-bond acceptors (Lipinski definition) is 3. The van der Waals surface area contributed by atoms with E-state index in [1.54, 1.807) is 24.3 Å². The number of benzene rings is 2. The van der Waals surface area contributed by atoms with Crippen LogP contribution in [0.1, 0.15) is 31.8 Å². The predicted molar refractivity (Wildman–Crippen MR) is 73.9 cm³/mol. The quantitative estimate of drug-likeness (QED) is 0.605. The molecule has 1 heterocycles. The molecule has 1 aliphatic heterocycles. The van der Waals surface area contributed by atoms with Crippen molar-refractivity contribution >= 4 is 34.9 Å². The van der Waals surface area contributed by atoms with Crippen LogP contribution in [0.4, 0.5) is 0 Å². The maximum absolute atomic E-state index is 11.8. The molecule has 0 N–H and O–H groups in total. The second kappa shape index (κ2) is 3.92. The van der Waals surface area contributed by atoms with Gasteiger partial charge in [-0.3, -0.25) is 0 Å². The van der Waals surface area contributed by atoms with Crippen LogP contribution in [0.3, 0.4) is 0 Å². The molecule has 2 aromatic carbocycles. The van der Waals surface area contributed by atoms with Gasteiger partial charge in [-0.25, -0.2) is 9.59 Å². The highest BCUT2D eigenvalue weighted by Crippen LogP contribution is 2.31. The summed E-state index contributed by atoms with van der Waals surface area (Å²) in [6.07, 6.45) is 3.42. The highest BCUT2D eigenvalue weighted by molar-refractivity contribution is 6.21. The average molecular weight is 250 g/mol. The smallest absolute Gasteiger partial charge is 0.347 e. The molecule has 19 heavy (non-hydrogen) atoms. The molecule has 2 aromatic rings. The van der Waals surface area contributed by atoms with E-state index in [4.69, 9.17) is 0 Å². The molecule has 1 aliphatic rings. The lowest BCUT2D eigenvalue weighted by atomic mass is 9.95. The lowest BCUT2D eigenvalue weighted by molar-refractivity contribution is 0.0444. The van der Waals surface area contributed by atoms with Gasteiger partial charge < -0.3 is 4.74 Å². The van der Waals surface area contributed by atoms with E-state index in [1.165, 1.54) is 0 Å². The van der Waals surface area contributed by atoms with Gasteiger partial charge in [0.2, 0.25) is 0 Å². The monoisotopic (exact) mass is 250 g/mol. The minimum absolute atomic E-state index is 0.318. The van der Waals surface area contributed by atoms with Gasteiger partial charge in [0.15, 0.2) is 0 Å². The van der Waals surface area contributed by atoms with Crippen LogP contribution in [-0.2, 0) is 4.74 Å². The van der Waals surface area contributed by atoms with Crippen LogP contribution in [0.25, 0.3) is 22.9 Å². The minimum atomic E-state index is -0.591. The largest absolute Gasteiger partial charge is 0.386 e. The van der Waals surface area contributed by atoms with Crippen molar-refractivity contribution < 1.29 is 14.3 Å². The van der Waals surface area contributed by atoms with Gasteiger partial charge in [0, 0.05) is 0 Å². The third kappa shape index (κ3) is 1.52. The number of rotatable bonds is 2. The molecule has 92 valence electrons. The summed E-state index contributed by atoms with van der Waals surface area (Å²) >= 11 is 0. The first kappa shape index (κ1) is 11.4. The number of carbonyl (C=O) groups is 2. The Morgan fingerprint density at radius 1 is 0.947 bits per heavy atom. The Kier molecular flexibility index (Phi) is 2.35. The van der Waals surface area contributed by atoms with Crippen LogP contribution in [0.2, 0.25) is 0 Å². The van der Waals surface area contributed by atoms with Crippen molar-refractivity contribution in [1.82, 2.24) is 0 Å². The summed E-state index contributed by atoms with van der Waals surface area (Å²) < 4.78 is 4.65. The zero-order chi connectivity index (χ0) is 13.6. The summed E-state index contributed by atoms with van der Waals surface area (Å²) in [5.41, 5.74) is 2.45. The molecule has 0 fully saturated rings. The molecule has 0 amide bonds. The molecule has 0 aromatic heterocycles. The van der Waals surface area contributed by atoms with Crippen molar-refractivity contribution in [3.8, 4) is 0 Å². The van der Waals surface area contributed by atoms with E-state index in [0.717, 1.165) is 16.5 Å². The fraction of sp³-hybridized carbons (Fsp3) is 0. The maximum atomic E-state index is 11.8. The number of carbonyl (C=O) groups excluding carboxylic acids is 2. The van der Waals surface area contributed by atoms with Crippen molar-refractivity contribution in [2.45, 2.75) is 0 Å². The molecule has 0 aliphatic carbocycles. The second-order valence-corrected chi connectivity index (χ2v) is 4.28. The molecule has 0 radical (unpaired) electrons. The summed E-state index contributed by atoms with van der Waals surface area (Å²) in [5.74, 6) is -1.18. The van der Waals surface area contributed by atoms with Crippen molar-refractivity contribution in [3.05, 3.63) is 59.7 Å². The third-order valence-corrected chi connectivity index (χ3v) is 3.27. The highest BCUT2D eigenvalue weighted by Gasteiger charge is 2.31. The molecular weight excluding hydrogens is 240 g/mol. The van der Waals surface area contributed by atoms with Crippen molar-refractivity contribution in [2.24, 2.45) is 0 Å². The van der Waals surface area contributed by atoms with Gasteiger partial charge in [-0.1, -0.05) is 31.4 Å². The van der Waals surface area contributed by atoms with E-state index in [9.17, 15) is 9.59 Å². The fourth-order valence-corrected chi connectivity index (χ4v) is 2.34. The SMILES string of the molecule is C=Cc1cc2ccc3c(c2cc1C=C)C(=O)OC3=O. The molecule has 3 nitrogen and oxygen atoms in total. The standard InChI is InChI=1S/C16H10O3/c1-3-9-7-11-5-6-12-14(16(18)19-15(12)17)13(11)8-10(9)4-2/h3-8H,1-2H2. The van der Waals surface area contributed by atoms with Crippen LogP contribution >= 0.6 is 0 Å². The van der Waals surface area contributed by atoms with Gasteiger partial charge in [0.1, 0.15) is 0 Å². The summed E-state index contributed by atoms with van der Waals surface area (Å²) in [6, 6.07) is 7.16. The summed E-state index contributed by atoms with van der Waals surface area (Å²) in [4.78, 5) is 23.3. The summed E-state index contributed by atoms with van der Waals surface area (Å²) in [5, 5.41) is 1.57. The van der Waals surface area contributed by atoms with Crippen molar-refractivity contribution in [2.75, 3.05) is 0 Å². The molecule has 0 atom stereocenters. The number of hydrogen-bond donors (Lipinski definition) is 0. The maximum Gasteiger partial charge on any atom is 0.347 e. The van der Waals surface area contributed by atoms with Crippen molar-refractivity contribution in [1.29, 1.82) is 0 Å². The van der Waals surface area contributed by atoms with E-state index >= 15 is 0 Å². The highest BCUT2D eigenvalue weighted by atomic mass is 16.6. The van der Waals surface area contributed by atoms with Gasteiger partial charge in [-0.2, -0.15) is 0 Å². The first-order valence-corrected chi connectivity index (χ1v) is 5.78.